The van der Waals surface area contributed by atoms with Crippen molar-refractivity contribution >= 4 is 18.7 Å². The van der Waals surface area contributed by atoms with Crippen molar-refractivity contribution in [2.24, 2.45) is 0 Å². The van der Waals surface area contributed by atoms with Crippen LogP contribution in [-0.2, 0) is 9.59 Å². The Morgan fingerprint density at radius 1 is 1.50 bits per heavy atom. The third-order valence-electron chi connectivity index (χ3n) is 1.22. The number of rotatable bonds is 2. The molecule has 0 aromatic carbocycles. The van der Waals surface area contributed by atoms with E-state index < -0.39 is 0 Å². The van der Waals surface area contributed by atoms with Crippen molar-refractivity contribution in [3.63, 3.8) is 0 Å². The van der Waals surface area contributed by atoms with E-state index in [0.29, 0.717) is 6.54 Å². The van der Waals surface area contributed by atoms with Gasteiger partial charge in [0.1, 0.15) is 13.3 Å². The first-order valence-electron chi connectivity index (χ1n) is 3.22. The third-order valence-corrected chi connectivity index (χ3v) is 1.22. The zero-order chi connectivity index (χ0) is 9.56. The molecular weight excluding hydrogens is 160 g/mol. The van der Waals surface area contributed by atoms with Gasteiger partial charge in [0.2, 0.25) is 5.91 Å². The van der Waals surface area contributed by atoms with E-state index in [-0.39, 0.29) is 18.5 Å². The summed E-state index contributed by atoms with van der Waals surface area (Å²) in [7, 11) is 0. The molecule has 5 heteroatoms. The molecule has 3 amide bonds. The van der Waals surface area contributed by atoms with Crippen LogP contribution in [0.2, 0.25) is 0 Å². The molecule has 0 aromatic rings. The van der Waals surface area contributed by atoms with E-state index in [1.807, 2.05) is 6.79 Å². The first-order chi connectivity index (χ1) is 5.74. The van der Waals surface area contributed by atoms with Gasteiger partial charge in [0.05, 0.1) is 0 Å². The van der Waals surface area contributed by atoms with Crippen LogP contribution in [0.15, 0.2) is 12.7 Å². The van der Waals surface area contributed by atoms with Crippen LogP contribution in [0.5, 0.6) is 0 Å². The van der Waals surface area contributed by atoms with E-state index in [1.165, 1.54) is 4.90 Å². The Labute approximate surface area is 70.0 Å². The third kappa shape index (κ3) is 2.53. The Morgan fingerprint density at radius 2 is 2.08 bits per heavy atom. The summed E-state index contributed by atoms with van der Waals surface area (Å²) in [4.78, 5) is 30.6. The van der Waals surface area contributed by atoms with Gasteiger partial charge in [0.25, 0.3) is 0 Å². The molecular formula is C7H10N2O3. The van der Waals surface area contributed by atoms with Crippen molar-refractivity contribution in [3.8, 4) is 0 Å². The van der Waals surface area contributed by atoms with Crippen molar-refractivity contribution in [1.82, 2.24) is 10.2 Å². The number of imide groups is 1. The van der Waals surface area contributed by atoms with Crippen LogP contribution in [0.25, 0.3) is 0 Å². The number of hydrogen-bond acceptors (Lipinski definition) is 3. The van der Waals surface area contributed by atoms with Gasteiger partial charge in [-0.3, -0.25) is 10.1 Å². The van der Waals surface area contributed by atoms with Gasteiger partial charge in [0, 0.05) is 6.54 Å². The van der Waals surface area contributed by atoms with E-state index in [4.69, 9.17) is 4.79 Å². The molecule has 1 saturated heterocycles. The van der Waals surface area contributed by atoms with Crippen molar-refractivity contribution in [2.75, 3.05) is 13.1 Å². The molecule has 0 bridgehead atoms. The predicted molar refractivity (Wildman–Crippen MR) is 42.4 cm³/mol. The van der Waals surface area contributed by atoms with Gasteiger partial charge in [-0.25, -0.2) is 4.79 Å². The monoisotopic (exact) mass is 170 g/mol. The lowest BCUT2D eigenvalue weighted by molar-refractivity contribution is -0.118. The lowest BCUT2D eigenvalue weighted by Gasteiger charge is -2.07. The number of carbonyl (C=O) groups is 3. The summed E-state index contributed by atoms with van der Waals surface area (Å²) >= 11 is 0. The largest absolute Gasteiger partial charge is 0.324 e. The van der Waals surface area contributed by atoms with Crippen molar-refractivity contribution < 1.29 is 14.4 Å². The molecule has 1 rings (SSSR count). The SMILES string of the molecule is C=CCN1CC(=O)NC1=O.C=O. The van der Waals surface area contributed by atoms with Crippen LogP contribution in [0, 0.1) is 0 Å². The fourth-order valence-corrected chi connectivity index (χ4v) is 0.786. The topological polar surface area (TPSA) is 66.5 Å². The van der Waals surface area contributed by atoms with Gasteiger partial charge < -0.3 is 9.69 Å². The van der Waals surface area contributed by atoms with Gasteiger partial charge in [-0.05, 0) is 0 Å². The number of carbonyl (C=O) groups excluding carboxylic acids is 3. The normalized spacial score (nSPS) is 14.8. The van der Waals surface area contributed by atoms with Crippen LogP contribution >= 0.6 is 0 Å². The molecule has 1 aliphatic rings. The van der Waals surface area contributed by atoms with Gasteiger partial charge >= 0.3 is 6.03 Å². The summed E-state index contributed by atoms with van der Waals surface area (Å²) in [6.07, 6.45) is 1.58. The summed E-state index contributed by atoms with van der Waals surface area (Å²) < 4.78 is 0. The van der Waals surface area contributed by atoms with E-state index in [1.54, 1.807) is 6.08 Å². The maximum atomic E-state index is 10.7. The van der Waals surface area contributed by atoms with Crippen LogP contribution in [0.4, 0.5) is 4.79 Å². The molecule has 0 saturated carbocycles. The van der Waals surface area contributed by atoms with E-state index in [0.717, 1.165) is 0 Å². The maximum Gasteiger partial charge on any atom is 0.324 e. The maximum absolute atomic E-state index is 10.7. The second-order valence-corrected chi connectivity index (χ2v) is 2.02. The molecule has 1 fully saturated rings. The van der Waals surface area contributed by atoms with Gasteiger partial charge in [-0.1, -0.05) is 6.08 Å². The van der Waals surface area contributed by atoms with Gasteiger partial charge in [-0.15, -0.1) is 6.58 Å². The van der Waals surface area contributed by atoms with E-state index >= 15 is 0 Å². The number of nitrogens with one attached hydrogen (secondary N) is 1. The molecule has 1 N–H and O–H groups in total. The average molecular weight is 170 g/mol. The average Bonchev–Trinajstić information content (AvgIpc) is 2.35. The molecule has 12 heavy (non-hydrogen) atoms. The lowest BCUT2D eigenvalue weighted by Crippen LogP contribution is -2.28. The van der Waals surface area contributed by atoms with Crippen LogP contribution in [0.3, 0.4) is 0 Å². The van der Waals surface area contributed by atoms with Crippen LogP contribution < -0.4 is 5.32 Å². The molecule has 0 aromatic heterocycles. The zero-order valence-corrected chi connectivity index (χ0v) is 6.58. The summed E-state index contributed by atoms with van der Waals surface area (Å²) in [6, 6.07) is -0.329. The number of hydrogen-bond donors (Lipinski definition) is 1. The fourth-order valence-electron chi connectivity index (χ4n) is 0.786. The quantitative estimate of drug-likeness (QED) is 0.450. The van der Waals surface area contributed by atoms with Gasteiger partial charge in [-0.2, -0.15) is 0 Å². The Balaban J connectivity index is 0.000000561. The van der Waals surface area contributed by atoms with Crippen molar-refractivity contribution in [1.29, 1.82) is 0 Å². The Morgan fingerprint density at radius 3 is 2.42 bits per heavy atom. The predicted octanol–water partition coefficient (Wildman–Crippen LogP) is -0.461. The molecule has 5 nitrogen and oxygen atoms in total. The second kappa shape index (κ2) is 5.06. The Bertz CT molecular complexity index is 203. The molecule has 1 heterocycles. The van der Waals surface area contributed by atoms with Gasteiger partial charge in [0.15, 0.2) is 0 Å². The molecule has 0 aliphatic carbocycles. The number of amides is 3. The summed E-state index contributed by atoms with van der Waals surface area (Å²) in [5.41, 5.74) is 0. The highest BCUT2D eigenvalue weighted by Gasteiger charge is 2.24. The Hall–Kier alpha value is -1.65. The number of nitrogens with zero attached hydrogens (tertiary/aromatic N) is 1. The zero-order valence-electron chi connectivity index (χ0n) is 6.58. The minimum atomic E-state index is -0.329. The van der Waals surface area contributed by atoms with Crippen molar-refractivity contribution in [3.05, 3.63) is 12.7 Å². The first kappa shape index (κ1) is 10.3. The smallest absolute Gasteiger partial charge is 0.311 e. The fraction of sp³-hybridized carbons (Fsp3) is 0.286. The highest BCUT2D eigenvalue weighted by Crippen LogP contribution is 1.96. The van der Waals surface area contributed by atoms with Crippen LogP contribution in [0.1, 0.15) is 0 Å². The minimum Gasteiger partial charge on any atom is -0.311 e. The summed E-state index contributed by atoms with van der Waals surface area (Å²) in [6.45, 7) is 6.04. The highest BCUT2D eigenvalue weighted by molar-refractivity contribution is 6.01. The molecule has 0 spiro atoms. The number of urea groups is 1. The molecule has 0 unspecified atom stereocenters. The standard InChI is InChI=1S/C6H8N2O2.CH2O/c1-2-3-8-4-5(9)7-6(8)10;1-2/h2H,1,3-4H2,(H,7,9,10);1H2. The molecule has 0 atom stereocenters. The van der Waals surface area contributed by atoms with Crippen molar-refractivity contribution in [2.45, 2.75) is 0 Å². The molecule has 0 radical (unpaired) electrons. The van der Waals surface area contributed by atoms with E-state index in [2.05, 4.69) is 11.9 Å². The second-order valence-electron chi connectivity index (χ2n) is 2.02. The van der Waals surface area contributed by atoms with E-state index in [9.17, 15) is 9.59 Å². The van der Waals surface area contributed by atoms with Crippen LogP contribution in [-0.4, -0.2) is 36.7 Å². The summed E-state index contributed by atoms with van der Waals surface area (Å²) in [5.74, 6) is -0.244. The molecule has 66 valence electrons. The first-order valence-corrected chi connectivity index (χ1v) is 3.22. The Kier molecular flexibility index (Phi) is 4.36. The highest BCUT2D eigenvalue weighted by atomic mass is 16.2. The molecule has 1 aliphatic heterocycles. The lowest BCUT2D eigenvalue weighted by atomic mass is 10.5. The summed E-state index contributed by atoms with van der Waals surface area (Å²) in [5, 5.41) is 2.15. The minimum absolute atomic E-state index is 0.158.